The number of ether oxygens (including phenoxy) is 1. The van der Waals surface area contributed by atoms with Gasteiger partial charge in [0.1, 0.15) is 0 Å². The van der Waals surface area contributed by atoms with E-state index in [9.17, 15) is 5.11 Å². The lowest BCUT2D eigenvalue weighted by Crippen LogP contribution is -2.34. The Labute approximate surface area is 82.3 Å². The van der Waals surface area contributed by atoms with Crippen LogP contribution in [0.2, 0.25) is 0 Å². The van der Waals surface area contributed by atoms with Gasteiger partial charge in [-0.25, -0.2) is 0 Å². The minimum atomic E-state index is -0.292. The Morgan fingerprint density at radius 3 is 2.00 bits per heavy atom. The second-order valence-electron chi connectivity index (χ2n) is 3.63. The summed E-state index contributed by atoms with van der Waals surface area (Å²) in [6.45, 7) is 6.36. The standard InChI is InChI=1S/C11H24O2/c1-5-8-10(13-4)11(12)9(6-2)7-3/h9-12H,5-8H2,1-4H3. The molecular formula is C11H24O2. The van der Waals surface area contributed by atoms with Gasteiger partial charge < -0.3 is 9.84 Å². The average Bonchev–Trinajstić information content (AvgIpc) is 2.15. The van der Waals surface area contributed by atoms with Crippen LogP contribution in [0.5, 0.6) is 0 Å². The van der Waals surface area contributed by atoms with Crippen molar-refractivity contribution in [3.63, 3.8) is 0 Å². The van der Waals surface area contributed by atoms with Gasteiger partial charge in [0.2, 0.25) is 0 Å². The fraction of sp³-hybridized carbons (Fsp3) is 1.00. The Bertz CT molecular complexity index is 111. The maximum absolute atomic E-state index is 9.97. The minimum absolute atomic E-state index is 0.0231. The molecular weight excluding hydrogens is 164 g/mol. The first-order valence-electron chi connectivity index (χ1n) is 5.41. The van der Waals surface area contributed by atoms with Crippen molar-refractivity contribution in [3.05, 3.63) is 0 Å². The Balaban J connectivity index is 4.07. The van der Waals surface area contributed by atoms with Gasteiger partial charge in [0.05, 0.1) is 12.2 Å². The molecule has 0 aromatic carbocycles. The van der Waals surface area contributed by atoms with Gasteiger partial charge in [0.15, 0.2) is 0 Å². The molecule has 2 nitrogen and oxygen atoms in total. The number of hydrogen-bond acceptors (Lipinski definition) is 2. The normalized spacial score (nSPS) is 16.2. The molecule has 2 atom stereocenters. The van der Waals surface area contributed by atoms with Crippen LogP contribution in [0.4, 0.5) is 0 Å². The number of methoxy groups -OCH3 is 1. The zero-order chi connectivity index (χ0) is 10.3. The van der Waals surface area contributed by atoms with E-state index in [1.54, 1.807) is 7.11 Å². The van der Waals surface area contributed by atoms with Crippen LogP contribution in [0.25, 0.3) is 0 Å². The van der Waals surface area contributed by atoms with E-state index in [-0.39, 0.29) is 12.2 Å². The number of hydrogen-bond donors (Lipinski definition) is 1. The predicted octanol–water partition coefficient (Wildman–Crippen LogP) is 2.60. The Morgan fingerprint density at radius 2 is 1.69 bits per heavy atom. The monoisotopic (exact) mass is 188 g/mol. The van der Waals surface area contributed by atoms with Crippen LogP contribution in [0, 0.1) is 5.92 Å². The van der Waals surface area contributed by atoms with Crippen molar-refractivity contribution < 1.29 is 9.84 Å². The van der Waals surface area contributed by atoms with Crippen LogP contribution >= 0.6 is 0 Å². The number of aliphatic hydroxyl groups excluding tert-OH is 1. The lowest BCUT2D eigenvalue weighted by molar-refractivity contribution is -0.0471. The Hall–Kier alpha value is -0.0800. The molecule has 2 heteroatoms. The highest BCUT2D eigenvalue weighted by Crippen LogP contribution is 2.20. The molecule has 0 rings (SSSR count). The van der Waals surface area contributed by atoms with Crippen molar-refractivity contribution in [2.24, 2.45) is 5.92 Å². The van der Waals surface area contributed by atoms with Crippen molar-refractivity contribution in [2.75, 3.05) is 7.11 Å². The molecule has 0 aliphatic heterocycles. The van der Waals surface area contributed by atoms with Gasteiger partial charge in [0.25, 0.3) is 0 Å². The molecule has 13 heavy (non-hydrogen) atoms. The highest BCUT2D eigenvalue weighted by Gasteiger charge is 2.24. The first kappa shape index (κ1) is 12.9. The first-order valence-corrected chi connectivity index (χ1v) is 5.41. The summed E-state index contributed by atoms with van der Waals surface area (Å²) in [5.41, 5.74) is 0. The second kappa shape index (κ2) is 7.34. The van der Waals surface area contributed by atoms with Gasteiger partial charge in [0, 0.05) is 7.11 Å². The molecule has 0 aromatic heterocycles. The van der Waals surface area contributed by atoms with Crippen LogP contribution in [0.15, 0.2) is 0 Å². The van der Waals surface area contributed by atoms with E-state index in [1.165, 1.54) is 0 Å². The van der Waals surface area contributed by atoms with E-state index in [2.05, 4.69) is 20.8 Å². The maximum atomic E-state index is 9.97. The number of rotatable bonds is 7. The molecule has 0 aliphatic rings. The van der Waals surface area contributed by atoms with Crippen LogP contribution in [0.1, 0.15) is 46.5 Å². The molecule has 0 saturated heterocycles. The highest BCUT2D eigenvalue weighted by molar-refractivity contribution is 4.75. The minimum Gasteiger partial charge on any atom is -0.390 e. The van der Waals surface area contributed by atoms with Gasteiger partial charge in [-0.3, -0.25) is 0 Å². The molecule has 0 amide bonds. The molecule has 0 heterocycles. The largest absolute Gasteiger partial charge is 0.390 e. The lowest BCUT2D eigenvalue weighted by Gasteiger charge is -2.27. The summed E-state index contributed by atoms with van der Waals surface area (Å²) in [6, 6.07) is 0. The summed E-state index contributed by atoms with van der Waals surface area (Å²) >= 11 is 0. The maximum Gasteiger partial charge on any atom is 0.0832 e. The third kappa shape index (κ3) is 4.10. The second-order valence-corrected chi connectivity index (χ2v) is 3.63. The summed E-state index contributed by atoms with van der Waals surface area (Å²) in [4.78, 5) is 0. The van der Waals surface area contributed by atoms with E-state index in [4.69, 9.17) is 4.74 Å². The molecule has 0 spiro atoms. The van der Waals surface area contributed by atoms with Gasteiger partial charge in [-0.15, -0.1) is 0 Å². The van der Waals surface area contributed by atoms with Crippen molar-refractivity contribution in [2.45, 2.75) is 58.7 Å². The molecule has 0 aliphatic carbocycles. The molecule has 2 unspecified atom stereocenters. The van der Waals surface area contributed by atoms with Crippen molar-refractivity contribution in [3.8, 4) is 0 Å². The van der Waals surface area contributed by atoms with Crippen molar-refractivity contribution in [1.82, 2.24) is 0 Å². The molecule has 0 aromatic rings. The van der Waals surface area contributed by atoms with Crippen molar-refractivity contribution in [1.29, 1.82) is 0 Å². The molecule has 80 valence electrons. The van der Waals surface area contributed by atoms with Crippen LogP contribution in [-0.4, -0.2) is 24.4 Å². The molecule has 0 fully saturated rings. The van der Waals surface area contributed by atoms with Gasteiger partial charge >= 0.3 is 0 Å². The summed E-state index contributed by atoms with van der Waals surface area (Å²) < 4.78 is 5.29. The summed E-state index contributed by atoms with van der Waals surface area (Å²) in [5.74, 6) is 0.386. The van der Waals surface area contributed by atoms with Crippen LogP contribution in [0.3, 0.4) is 0 Å². The lowest BCUT2D eigenvalue weighted by atomic mass is 9.91. The van der Waals surface area contributed by atoms with Gasteiger partial charge in [-0.2, -0.15) is 0 Å². The van der Waals surface area contributed by atoms with E-state index in [0.29, 0.717) is 5.92 Å². The SMILES string of the molecule is CCCC(OC)C(O)C(CC)CC. The molecule has 0 radical (unpaired) electrons. The van der Waals surface area contributed by atoms with Gasteiger partial charge in [-0.05, 0) is 12.3 Å². The summed E-state index contributed by atoms with van der Waals surface area (Å²) in [7, 11) is 1.69. The smallest absolute Gasteiger partial charge is 0.0832 e. The fourth-order valence-corrected chi connectivity index (χ4v) is 1.79. The molecule has 1 N–H and O–H groups in total. The third-order valence-corrected chi connectivity index (χ3v) is 2.79. The Morgan fingerprint density at radius 1 is 1.15 bits per heavy atom. The van der Waals surface area contributed by atoms with Crippen LogP contribution in [-0.2, 0) is 4.74 Å². The highest BCUT2D eigenvalue weighted by atomic mass is 16.5. The van der Waals surface area contributed by atoms with Gasteiger partial charge in [-0.1, -0.05) is 40.0 Å². The first-order chi connectivity index (χ1) is 6.21. The average molecular weight is 188 g/mol. The fourth-order valence-electron chi connectivity index (χ4n) is 1.79. The van der Waals surface area contributed by atoms with Crippen LogP contribution < -0.4 is 0 Å². The summed E-state index contributed by atoms with van der Waals surface area (Å²) in [6.07, 6.45) is 3.81. The predicted molar refractivity (Wildman–Crippen MR) is 55.8 cm³/mol. The van der Waals surface area contributed by atoms with Crippen molar-refractivity contribution >= 4 is 0 Å². The van der Waals surface area contributed by atoms with E-state index < -0.39 is 0 Å². The van der Waals surface area contributed by atoms with E-state index in [1.807, 2.05) is 0 Å². The molecule has 0 bridgehead atoms. The zero-order valence-corrected chi connectivity index (χ0v) is 9.42. The number of aliphatic hydroxyl groups is 1. The molecule has 0 saturated carbocycles. The summed E-state index contributed by atoms with van der Waals surface area (Å²) in [5, 5.41) is 9.97. The van der Waals surface area contributed by atoms with E-state index >= 15 is 0 Å². The third-order valence-electron chi connectivity index (χ3n) is 2.79. The van der Waals surface area contributed by atoms with E-state index in [0.717, 1.165) is 25.7 Å². The topological polar surface area (TPSA) is 29.5 Å². The zero-order valence-electron chi connectivity index (χ0n) is 9.42. The Kier molecular flexibility index (Phi) is 7.29. The quantitative estimate of drug-likeness (QED) is 0.665.